The Labute approximate surface area is 186 Å². The Hall–Kier alpha value is -3.30. The molecule has 4 nitrogen and oxygen atoms in total. The molecule has 33 heavy (non-hydrogen) atoms. The number of alkyl halides is 6. The van der Waals surface area contributed by atoms with Gasteiger partial charge in [-0.15, -0.1) is 0 Å². The molecule has 0 heterocycles. The summed E-state index contributed by atoms with van der Waals surface area (Å²) in [7, 11) is 0. The molecule has 178 valence electrons. The fourth-order valence-corrected chi connectivity index (χ4v) is 2.75. The highest BCUT2D eigenvalue weighted by atomic mass is 19.4. The minimum Gasteiger partial charge on any atom is -0.444 e. The number of rotatable bonds is 5. The van der Waals surface area contributed by atoms with Gasteiger partial charge in [-0.25, -0.2) is 4.79 Å². The van der Waals surface area contributed by atoms with Crippen LogP contribution in [0.1, 0.15) is 43.0 Å². The molecule has 0 spiro atoms. The molecule has 0 bridgehead atoms. The van der Waals surface area contributed by atoms with Crippen LogP contribution in [0.2, 0.25) is 0 Å². The van der Waals surface area contributed by atoms with E-state index in [2.05, 4.69) is 5.32 Å². The van der Waals surface area contributed by atoms with E-state index in [0.717, 1.165) is 6.08 Å². The number of benzene rings is 2. The second-order valence-corrected chi connectivity index (χ2v) is 8.04. The Morgan fingerprint density at radius 1 is 0.848 bits per heavy atom. The van der Waals surface area contributed by atoms with E-state index in [-0.39, 0.29) is 17.2 Å². The van der Waals surface area contributed by atoms with Crippen molar-refractivity contribution in [2.24, 2.45) is 0 Å². The first-order chi connectivity index (χ1) is 15.1. The SMILES string of the molecule is CC(C)(C)OC(=O)NCC(=O)C=C(c1ccccc1)c1cc(C(F)(F)F)cc(C(F)(F)F)c1. The Morgan fingerprint density at radius 2 is 1.36 bits per heavy atom. The summed E-state index contributed by atoms with van der Waals surface area (Å²) in [5.41, 5.74) is -4.24. The van der Waals surface area contributed by atoms with Gasteiger partial charge in [0.2, 0.25) is 0 Å². The Kier molecular flexibility index (Phi) is 7.61. The average Bonchev–Trinajstić information content (AvgIpc) is 2.68. The monoisotopic (exact) mass is 473 g/mol. The third kappa shape index (κ3) is 7.96. The van der Waals surface area contributed by atoms with Gasteiger partial charge in [-0.1, -0.05) is 30.3 Å². The van der Waals surface area contributed by atoms with Gasteiger partial charge in [0, 0.05) is 0 Å². The first-order valence-corrected chi connectivity index (χ1v) is 9.63. The van der Waals surface area contributed by atoms with Gasteiger partial charge in [0.15, 0.2) is 5.78 Å². The van der Waals surface area contributed by atoms with Crippen LogP contribution in [-0.4, -0.2) is 24.0 Å². The number of carbonyl (C=O) groups is 2. The lowest BCUT2D eigenvalue weighted by Gasteiger charge is -2.19. The number of amides is 1. The molecule has 0 saturated heterocycles. The second kappa shape index (κ2) is 9.68. The summed E-state index contributed by atoms with van der Waals surface area (Å²) >= 11 is 0. The standard InChI is InChI=1S/C23H21F6NO3/c1-21(2,3)33-20(32)30-13-18(31)12-19(14-7-5-4-6-8-14)15-9-16(22(24,25)26)11-17(10-15)23(27,28)29/h4-12H,13H2,1-3H3,(H,30,32). The van der Waals surface area contributed by atoms with Gasteiger partial charge >= 0.3 is 18.4 Å². The van der Waals surface area contributed by atoms with Crippen LogP contribution in [-0.2, 0) is 21.9 Å². The summed E-state index contributed by atoms with van der Waals surface area (Å²) in [6.07, 6.45) is -10.1. The lowest BCUT2D eigenvalue weighted by molar-refractivity contribution is -0.143. The van der Waals surface area contributed by atoms with E-state index in [1.165, 1.54) is 24.3 Å². The summed E-state index contributed by atoms with van der Waals surface area (Å²) < 4.78 is 84.8. The summed E-state index contributed by atoms with van der Waals surface area (Å²) in [5, 5.41) is 2.20. The van der Waals surface area contributed by atoms with E-state index in [0.29, 0.717) is 12.1 Å². The lowest BCUT2D eigenvalue weighted by Crippen LogP contribution is -2.35. The number of hydrogen-bond donors (Lipinski definition) is 1. The Bertz CT molecular complexity index is 1000. The number of ether oxygens (including phenoxy) is 1. The van der Waals surface area contributed by atoms with Crippen LogP contribution < -0.4 is 5.32 Å². The van der Waals surface area contributed by atoms with Gasteiger partial charge < -0.3 is 10.1 Å². The smallest absolute Gasteiger partial charge is 0.416 e. The summed E-state index contributed by atoms with van der Waals surface area (Å²) in [6.45, 7) is 4.24. The van der Waals surface area contributed by atoms with E-state index in [1.54, 1.807) is 26.8 Å². The molecule has 0 aliphatic rings. The Balaban J connectivity index is 2.51. The fourth-order valence-electron chi connectivity index (χ4n) is 2.75. The fraction of sp³-hybridized carbons (Fsp3) is 0.304. The van der Waals surface area contributed by atoms with Crippen LogP contribution in [0.25, 0.3) is 5.57 Å². The molecule has 2 aromatic rings. The van der Waals surface area contributed by atoms with Crippen molar-refractivity contribution in [2.75, 3.05) is 6.54 Å². The highest BCUT2D eigenvalue weighted by Crippen LogP contribution is 2.38. The van der Waals surface area contributed by atoms with E-state index in [9.17, 15) is 35.9 Å². The van der Waals surface area contributed by atoms with E-state index >= 15 is 0 Å². The van der Waals surface area contributed by atoms with Crippen molar-refractivity contribution in [3.63, 3.8) is 0 Å². The third-order valence-corrected chi connectivity index (χ3v) is 4.09. The minimum absolute atomic E-state index is 0.0119. The first kappa shape index (κ1) is 26.0. The van der Waals surface area contributed by atoms with Crippen LogP contribution >= 0.6 is 0 Å². The van der Waals surface area contributed by atoms with Gasteiger partial charge in [0.05, 0.1) is 17.7 Å². The maximum Gasteiger partial charge on any atom is 0.416 e. The zero-order chi connectivity index (χ0) is 25.0. The molecule has 0 radical (unpaired) electrons. The van der Waals surface area contributed by atoms with Crippen LogP contribution in [0.3, 0.4) is 0 Å². The molecule has 0 aromatic heterocycles. The van der Waals surface area contributed by atoms with Gasteiger partial charge in [0.1, 0.15) is 5.60 Å². The number of hydrogen-bond acceptors (Lipinski definition) is 3. The maximum absolute atomic E-state index is 13.3. The molecule has 2 aromatic carbocycles. The number of halogens is 6. The highest BCUT2D eigenvalue weighted by Gasteiger charge is 2.37. The number of carbonyl (C=O) groups excluding carboxylic acids is 2. The number of alkyl carbamates (subject to hydrolysis) is 1. The molecule has 0 unspecified atom stereocenters. The Morgan fingerprint density at radius 3 is 1.82 bits per heavy atom. The molecular weight excluding hydrogens is 452 g/mol. The molecular formula is C23H21F6NO3. The van der Waals surface area contributed by atoms with Crippen molar-refractivity contribution >= 4 is 17.4 Å². The van der Waals surface area contributed by atoms with E-state index < -0.39 is 53.1 Å². The quantitative estimate of drug-likeness (QED) is 0.413. The van der Waals surface area contributed by atoms with Crippen molar-refractivity contribution in [1.29, 1.82) is 0 Å². The number of ketones is 1. The van der Waals surface area contributed by atoms with Gasteiger partial charge in [-0.3, -0.25) is 4.79 Å². The predicted molar refractivity (Wildman–Crippen MR) is 109 cm³/mol. The van der Waals surface area contributed by atoms with Crippen LogP contribution in [0, 0.1) is 0 Å². The maximum atomic E-state index is 13.3. The highest BCUT2D eigenvalue weighted by molar-refractivity contribution is 6.02. The number of nitrogens with one attached hydrogen (secondary N) is 1. The normalized spacial score (nSPS) is 12.9. The van der Waals surface area contributed by atoms with Gasteiger partial charge in [-0.05, 0) is 61.7 Å². The van der Waals surface area contributed by atoms with Crippen molar-refractivity contribution < 1.29 is 40.7 Å². The summed E-state index contributed by atoms with van der Waals surface area (Å²) in [6, 6.07) is 8.61. The average molecular weight is 473 g/mol. The van der Waals surface area contributed by atoms with Crippen molar-refractivity contribution in [3.05, 3.63) is 76.9 Å². The zero-order valence-electron chi connectivity index (χ0n) is 17.9. The molecule has 0 aliphatic heterocycles. The van der Waals surface area contributed by atoms with Gasteiger partial charge in [0.25, 0.3) is 0 Å². The topological polar surface area (TPSA) is 55.4 Å². The van der Waals surface area contributed by atoms with Crippen molar-refractivity contribution in [3.8, 4) is 0 Å². The van der Waals surface area contributed by atoms with Crippen LogP contribution in [0.5, 0.6) is 0 Å². The molecule has 2 rings (SSSR count). The second-order valence-electron chi connectivity index (χ2n) is 8.04. The summed E-state index contributed by atoms with van der Waals surface area (Å²) in [5.74, 6) is -0.759. The zero-order valence-corrected chi connectivity index (χ0v) is 17.9. The lowest BCUT2D eigenvalue weighted by atomic mass is 9.93. The molecule has 0 aliphatic carbocycles. The summed E-state index contributed by atoms with van der Waals surface area (Å²) in [4.78, 5) is 24.2. The first-order valence-electron chi connectivity index (χ1n) is 9.63. The molecule has 1 amide bonds. The van der Waals surface area contributed by atoms with Crippen molar-refractivity contribution in [1.82, 2.24) is 5.32 Å². The molecule has 0 fully saturated rings. The van der Waals surface area contributed by atoms with Crippen molar-refractivity contribution in [2.45, 2.75) is 38.7 Å². The van der Waals surface area contributed by atoms with Crippen LogP contribution in [0.15, 0.2) is 54.6 Å². The predicted octanol–water partition coefficient (Wildman–Crippen LogP) is 6.25. The molecule has 1 N–H and O–H groups in total. The minimum atomic E-state index is -5.04. The van der Waals surface area contributed by atoms with E-state index in [1.807, 2.05) is 0 Å². The van der Waals surface area contributed by atoms with Crippen LogP contribution in [0.4, 0.5) is 31.1 Å². The molecule has 10 heteroatoms. The molecule has 0 saturated carbocycles. The molecule has 0 atom stereocenters. The third-order valence-electron chi connectivity index (χ3n) is 4.09. The van der Waals surface area contributed by atoms with E-state index in [4.69, 9.17) is 4.74 Å². The largest absolute Gasteiger partial charge is 0.444 e. The van der Waals surface area contributed by atoms with Gasteiger partial charge in [-0.2, -0.15) is 26.3 Å².